The van der Waals surface area contributed by atoms with E-state index < -0.39 is 5.54 Å². The van der Waals surface area contributed by atoms with E-state index in [0.29, 0.717) is 6.54 Å². The zero-order valence-electron chi connectivity index (χ0n) is 11.5. The van der Waals surface area contributed by atoms with Gasteiger partial charge in [-0.3, -0.25) is 14.6 Å². The average Bonchev–Trinajstić information content (AvgIpc) is 2.92. The number of aromatic nitrogens is 1. The van der Waals surface area contributed by atoms with Crippen molar-refractivity contribution >= 4 is 11.8 Å². The summed E-state index contributed by atoms with van der Waals surface area (Å²) in [6.07, 6.45) is 7.87. The van der Waals surface area contributed by atoms with Gasteiger partial charge in [-0.2, -0.15) is 0 Å². The van der Waals surface area contributed by atoms with Crippen molar-refractivity contribution in [2.75, 3.05) is 13.1 Å². The van der Waals surface area contributed by atoms with Crippen molar-refractivity contribution in [1.82, 2.24) is 15.2 Å². The van der Waals surface area contributed by atoms with Crippen LogP contribution >= 0.6 is 0 Å². The number of nitrogens with zero attached hydrogens (tertiary/aromatic N) is 2. The fourth-order valence-electron chi connectivity index (χ4n) is 3.22. The van der Waals surface area contributed by atoms with Crippen LogP contribution in [0.4, 0.5) is 0 Å². The van der Waals surface area contributed by atoms with E-state index in [2.05, 4.69) is 10.3 Å². The van der Waals surface area contributed by atoms with Crippen LogP contribution in [0.1, 0.15) is 31.2 Å². The predicted octanol–water partition coefficient (Wildman–Crippen LogP) is 0.895. The van der Waals surface area contributed by atoms with Gasteiger partial charge in [0.25, 0.3) is 0 Å². The minimum Gasteiger partial charge on any atom is -0.340 e. The molecule has 0 aromatic carbocycles. The lowest BCUT2D eigenvalue weighted by Crippen LogP contribution is -2.65. The van der Waals surface area contributed by atoms with Crippen LogP contribution in [-0.4, -0.2) is 40.3 Å². The Balaban J connectivity index is 1.69. The maximum Gasteiger partial charge on any atom is 0.248 e. The molecule has 1 aliphatic carbocycles. The first-order valence-corrected chi connectivity index (χ1v) is 7.19. The van der Waals surface area contributed by atoms with Crippen LogP contribution in [0.2, 0.25) is 0 Å². The predicted molar refractivity (Wildman–Crippen MR) is 73.9 cm³/mol. The molecule has 2 heterocycles. The number of hydrogen-bond acceptors (Lipinski definition) is 3. The normalized spacial score (nSPS) is 21.3. The topological polar surface area (TPSA) is 62.3 Å². The summed E-state index contributed by atoms with van der Waals surface area (Å²) in [6.45, 7) is 0.764. The molecule has 2 amide bonds. The minimum atomic E-state index is -0.607. The first-order chi connectivity index (χ1) is 9.70. The van der Waals surface area contributed by atoms with Crippen molar-refractivity contribution < 1.29 is 9.59 Å². The van der Waals surface area contributed by atoms with Gasteiger partial charge in [0.15, 0.2) is 0 Å². The first kappa shape index (κ1) is 13.1. The third-order valence-electron chi connectivity index (χ3n) is 4.26. The lowest BCUT2D eigenvalue weighted by atomic mass is 9.93. The van der Waals surface area contributed by atoms with Gasteiger partial charge >= 0.3 is 0 Å². The molecule has 1 saturated heterocycles. The molecular weight excluding hydrogens is 254 g/mol. The number of hydrogen-bond donors (Lipinski definition) is 1. The summed E-state index contributed by atoms with van der Waals surface area (Å²) in [7, 11) is 0. The van der Waals surface area contributed by atoms with Gasteiger partial charge in [0.2, 0.25) is 11.8 Å². The summed E-state index contributed by atoms with van der Waals surface area (Å²) in [5, 5.41) is 2.93. The Morgan fingerprint density at radius 1 is 1.30 bits per heavy atom. The second-order valence-corrected chi connectivity index (χ2v) is 5.68. The minimum absolute atomic E-state index is 0.0299. The summed E-state index contributed by atoms with van der Waals surface area (Å²) in [5.74, 6) is 0.0659. The van der Waals surface area contributed by atoms with Gasteiger partial charge in [-0.15, -0.1) is 0 Å². The van der Waals surface area contributed by atoms with E-state index in [1.807, 2.05) is 12.1 Å². The molecule has 1 aromatic heterocycles. The molecule has 0 bridgehead atoms. The second-order valence-electron chi connectivity index (χ2n) is 5.68. The van der Waals surface area contributed by atoms with Crippen molar-refractivity contribution in [3.8, 4) is 0 Å². The molecule has 5 heteroatoms. The number of carbonyl (C=O) groups is 2. The average molecular weight is 273 g/mol. The lowest BCUT2D eigenvalue weighted by Gasteiger charge is -2.39. The highest BCUT2D eigenvalue weighted by atomic mass is 16.2. The Labute approximate surface area is 118 Å². The van der Waals surface area contributed by atoms with Crippen molar-refractivity contribution in [1.29, 1.82) is 0 Å². The molecule has 0 radical (unpaired) electrons. The summed E-state index contributed by atoms with van der Waals surface area (Å²) in [4.78, 5) is 30.3. The number of pyridine rings is 1. The summed E-state index contributed by atoms with van der Waals surface area (Å²) >= 11 is 0. The zero-order chi connectivity index (χ0) is 14.0. The van der Waals surface area contributed by atoms with Crippen molar-refractivity contribution in [2.45, 2.75) is 37.6 Å². The number of carbonyl (C=O) groups excluding carboxylic acids is 2. The van der Waals surface area contributed by atoms with Crippen LogP contribution in [-0.2, 0) is 16.0 Å². The van der Waals surface area contributed by atoms with Crippen LogP contribution in [0.3, 0.4) is 0 Å². The molecular formula is C15H19N3O2. The van der Waals surface area contributed by atoms with E-state index >= 15 is 0 Å². The summed E-state index contributed by atoms with van der Waals surface area (Å²) in [6, 6.07) is 3.88. The van der Waals surface area contributed by atoms with Crippen LogP contribution in [0.5, 0.6) is 0 Å². The molecule has 1 aliphatic heterocycles. The van der Waals surface area contributed by atoms with Gasteiger partial charge in [0.1, 0.15) is 5.54 Å². The van der Waals surface area contributed by atoms with Gasteiger partial charge in [0, 0.05) is 18.9 Å². The van der Waals surface area contributed by atoms with Crippen LogP contribution in [0.15, 0.2) is 24.5 Å². The van der Waals surface area contributed by atoms with Crippen molar-refractivity contribution in [2.24, 2.45) is 0 Å². The van der Waals surface area contributed by atoms with Gasteiger partial charge in [-0.05, 0) is 30.9 Å². The Kier molecular flexibility index (Phi) is 3.42. The third-order valence-corrected chi connectivity index (χ3v) is 4.26. The highest BCUT2D eigenvalue weighted by molar-refractivity contribution is 5.98. The van der Waals surface area contributed by atoms with E-state index in [4.69, 9.17) is 0 Å². The Morgan fingerprint density at radius 3 is 2.80 bits per heavy atom. The van der Waals surface area contributed by atoms with E-state index in [9.17, 15) is 9.59 Å². The van der Waals surface area contributed by atoms with Gasteiger partial charge < -0.3 is 10.2 Å². The maximum absolute atomic E-state index is 12.6. The zero-order valence-corrected chi connectivity index (χ0v) is 11.5. The third kappa shape index (κ3) is 2.40. The molecule has 2 aliphatic rings. The highest BCUT2D eigenvalue weighted by Crippen LogP contribution is 2.33. The van der Waals surface area contributed by atoms with E-state index in [-0.39, 0.29) is 18.4 Å². The lowest BCUT2D eigenvalue weighted by molar-refractivity contribution is -0.149. The smallest absolute Gasteiger partial charge is 0.248 e. The molecule has 0 atom stereocenters. The highest BCUT2D eigenvalue weighted by Gasteiger charge is 2.47. The van der Waals surface area contributed by atoms with Crippen molar-refractivity contribution in [3.63, 3.8) is 0 Å². The fourth-order valence-corrected chi connectivity index (χ4v) is 3.22. The molecule has 5 nitrogen and oxygen atoms in total. The first-order valence-electron chi connectivity index (χ1n) is 7.19. The molecule has 3 rings (SSSR count). The summed E-state index contributed by atoms with van der Waals surface area (Å²) < 4.78 is 0. The number of nitrogens with one attached hydrogen (secondary N) is 1. The largest absolute Gasteiger partial charge is 0.340 e. The molecule has 20 heavy (non-hydrogen) atoms. The Hall–Kier alpha value is -1.91. The fraction of sp³-hybridized carbons (Fsp3) is 0.533. The number of piperazine rings is 1. The van der Waals surface area contributed by atoms with E-state index in [0.717, 1.165) is 37.7 Å². The van der Waals surface area contributed by atoms with Crippen LogP contribution in [0.25, 0.3) is 0 Å². The SMILES string of the molecule is O=C1CN(CCc2cccnc2)C(=O)C2(CCCC2)N1. The van der Waals surface area contributed by atoms with Crippen molar-refractivity contribution in [3.05, 3.63) is 30.1 Å². The number of rotatable bonds is 3. The monoisotopic (exact) mass is 273 g/mol. The molecule has 0 unspecified atom stereocenters. The molecule has 2 fully saturated rings. The Morgan fingerprint density at radius 2 is 2.10 bits per heavy atom. The molecule has 106 valence electrons. The number of amides is 2. The van der Waals surface area contributed by atoms with Gasteiger partial charge in [-0.25, -0.2) is 0 Å². The molecule has 1 N–H and O–H groups in total. The van der Waals surface area contributed by atoms with E-state index in [1.54, 1.807) is 17.3 Å². The Bertz CT molecular complexity index is 509. The second kappa shape index (κ2) is 5.23. The van der Waals surface area contributed by atoms with Gasteiger partial charge in [0.05, 0.1) is 6.54 Å². The van der Waals surface area contributed by atoms with Crippen LogP contribution in [0, 0.1) is 0 Å². The maximum atomic E-state index is 12.6. The molecule has 1 saturated carbocycles. The molecule has 1 spiro atoms. The molecule has 1 aromatic rings. The summed E-state index contributed by atoms with van der Waals surface area (Å²) in [5.41, 5.74) is 0.483. The quantitative estimate of drug-likeness (QED) is 0.890. The van der Waals surface area contributed by atoms with Gasteiger partial charge in [-0.1, -0.05) is 18.9 Å². The van der Waals surface area contributed by atoms with Crippen LogP contribution < -0.4 is 5.32 Å². The standard InChI is InChI=1S/C15H19N3O2/c19-13-11-18(9-5-12-4-3-8-16-10-12)14(20)15(17-13)6-1-2-7-15/h3-4,8,10H,1-2,5-7,9,11H2,(H,17,19). The van der Waals surface area contributed by atoms with E-state index in [1.165, 1.54) is 0 Å².